The van der Waals surface area contributed by atoms with Crippen molar-refractivity contribution in [3.8, 4) is 0 Å². The Morgan fingerprint density at radius 2 is 1.73 bits per heavy atom. The fraction of sp³-hybridized carbons (Fsp3) is 0.455. The van der Waals surface area contributed by atoms with Crippen molar-refractivity contribution < 1.29 is 8.42 Å². The van der Waals surface area contributed by atoms with Crippen molar-refractivity contribution in [2.24, 2.45) is 5.73 Å². The minimum atomic E-state index is -3.09. The van der Waals surface area contributed by atoms with Crippen LogP contribution in [0.5, 0.6) is 0 Å². The fourth-order valence-corrected chi connectivity index (χ4v) is 2.51. The van der Waals surface area contributed by atoms with E-state index in [1.807, 2.05) is 12.1 Å². The van der Waals surface area contributed by atoms with Crippen molar-refractivity contribution in [2.45, 2.75) is 29.7 Å². The quantitative estimate of drug-likeness (QED) is 0.828. The first-order valence-corrected chi connectivity index (χ1v) is 6.90. The van der Waals surface area contributed by atoms with Gasteiger partial charge in [-0.1, -0.05) is 12.1 Å². The maximum absolute atomic E-state index is 11.2. The summed E-state index contributed by atoms with van der Waals surface area (Å²) in [5.41, 5.74) is 6.96. The molecule has 4 heteroatoms. The molecule has 0 saturated heterocycles. The van der Waals surface area contributed by atoms with Gasteiger partial charge >= 0.3 is 0 Å². The second-order valence-corrected chi connectivity index (χ2v) is 6.32. The van der Waals surface area contributed by atoms with Gasteiger partial charge in [0.25, 0.3) is 0 Å². The summed E-state index contributed by atoms with van der Waals surface area (Å²) in [6.07, 6.45) is 4.35. The highest BCUT2D eigenvalue weighted by Gasteiger charge is 2.34. The number of rotatable bonds is 2. The van der Waals surface area contributed by atoms with E-state index in [-0.39, 0.29) is 5.54 Å². The van der Waals surface area contributed by atoms with Gasteiger partial charge in [-0.25, -0.2) is 8.42 Å². The topological polar surface area (TPSA) is 60.2 Å². The first kappa shape index (κ1) is 10.6. The highest BCUT2D eigenvalue weighted by molar-refractivity contribution is 7.90. The Labute approximate surface area is 90.2 Å². The highest BCUT2D eigenvalue weighted by atomic mass is 32.2. The van der Waals surface area contributed by atoms with Crippen molar-refractivity contribution in [2.75, 3.05) is 6.26 Å². The molecule has 15 heavy (non-hydrogen) atoms. The second-order valence-electron chi connectivity index (χ2n) is 4.31. The lowest BCUT2D eigenvalue weighted by atomic mass is 9.73. The van der Waals surface area contributed by atoms with Crippen LogP contribution in [0.3, 0.4) is 0 Å². The fourth-order valence-electron chi connectivity index (χ4n) is 1.88. The van der Waals surface area contributed by atoms with Gasteiger partial charge in [-0.05, 0) is 37.0 Å². The molecule has 1 aromatic carbocycles. The van der Waals surface area contributed by atoms with Gasteiger partial charge in [0.1, 0.15) is 0 Å². The van der Waals surface area contributed by atoms with Crippen molar-refractivity contribution in [1.82, 2.24) is 0 Å². The summed E-state index contributed by atoms with van der Waals surface area (Å²) >= 11 is 0. The molecule has 0 heterocycles. The molecular formula is C11H15NO2S. The minimum absolute atomic E-state index is 0.212. The summed E-state index contributed by atoms with van der Waals surface area (Å²) in [5.74, 6) is 0. The van der Waals surface area contributed by atoms with Crippen LogP contribution in [0.2, 0.25) is 0 Å². The van der Waals surface area contributed by atoms with Gasteiger partial charge in [0, 0.05) is 11.8 Å². The maximum Gasteiger partial charge on any atom is 0.175 e. The summed E-state index contributed by atoms with van der Waals surface area (Å²) in [4.78, 5) is 0.356. The third-order valence-corrected chi connectivity index (χ3v) is 4.23. The summed E-state index contributed by atoms with van der Waals surface area (Å²) in [6.45, 7) is 0. The molecule has 0 amide bonds. The lowest BCUT2D eigenvalue weighted by Gasteiger charge is -2.38. The van der Waals surface area contributed by atoms with Gasteiger partial charge < -0.3 is 5.73 Å². The van der Waals surface area contributed by atoms with Gasteiger partial charge in [-0.3, -0.25) is 0 Å². The smallest absolute Gasteiger partial charge is 0.175 e. The van der Waals surface area contributed by atoms with Crippen LogP contribution in [-0.2, 0) is 15.4 Å². The van der Waals surface area contributed by atoms with Crippen LogP contribution in [0, 0.1) is 0 Å². The van der Waals surface area contributed by atoms with E-state index in [9.17, 15) is 8.42 Å². The van der Waals surface area contributed by atoms with Gasteiger partial charge in [-0.2, -0.15) is 0 Å². The number of hydrogen-bond donors (Lipinski definition) is 1. The normalized spacial score (nSPS) is 19.6. The zero-order valence-electron chi connectivity index (χ0n) is 8.73. The number of hydrogen-bond acceptors (Lipinski definition) is 3. The van der Waals surface area contributed by atoms with E-state index < -0.39 is 9.84 Å². The molecule has 1 aliphatic rings. The minimum Gasteiger partial charge on any atom is -0.321 e. The standard InChI is InChI=1S/C11H15NO2S/c1-15(13,14)10-5-3-9(4-6-10)11(12)7-2-8-11/h3-6H,2,7-8,12H2,1H3. The Kier molecular flexibility index (Phi) is 2.35. The zero-order valence-corrected chi connectivity index (χ0v) is 9.55. The molecule has 3 nitrogen and oxygen atoms in total. The van der Waals surface area contributed by atoms with Crippen LogP contribution in [0.25, 0.3) is 0 Å². The van der Waals surface area contributed by atoms with E-state index in [0.29, 0.717) is 4.90 Å². The third-order valence-electron chi connectivity index (χ3n) is 3.10. The Bertz CT molecular complexity index is 458. The van der Waals surface area contributed by atoms with E-state index in [2.05, 4.69) is 0 Å². The first-order valence-electron chi connectivity index (χ1n) is 5.01. The average molecular weight is 225 g/mol. The first-order chi connectivity index (χ1) is 6.92. The maximum atomic E-state index is 11.2. The monoisotopic (exact) mass is 225 g/mol. The Hall–Kier alpha value is -0.870. The lowest BCUT2D eigenvalue weighted by molar-refractivity contribution is 0.253. The number of nitrogens with two attached hydrogens (primary N) is 1. The Morgan fingerprint density at radius 1 is 1.20 bits per heavy atom. The lowest BCUT2D eigenvalue weighted by Crippen LogP contribution is -2.43. The molecule has 0 spiro atoms. The van der Waals surface area contributed by atoms with E-state index in [1.165, 1.54) is 6.26 Å². The Morgan fingerprint density at radius 3 is 2.07 bits per heavy atom. The predicted molar refractivity (Wildman–Crippen MR) is 59.3 cm³/mol. The molecule has 0 radical (unpaired) electrons. The van der Waals surface area contributed by atoms with Crippen molar-refractivity contribution in [3.05, 3.63) is 29.8 Å². The zero-order chi connectivity index (χ0) is 11.1. The SMILES string of the molecule is CS(=O)(=O)c1ccc(C2(N)CCC2)cc1. The second kappa shape index (κ2) is 3.32. The molecule has 0 aliphatic heterocycles. The molecule has 0 unspecified atom stereocenters. The van der Waals surface area contributed by atoms with Crippen LogP contribution in [-0.4, -0.2) is 14.7 Å². The molecule has 0 aromatic heterocycles. The van der Waals surface area contributed by atoms with Crippen molar-refractivity contribution >= 4 is 9.84 Å². The third kappa shape index (κ3) is 1.92. The summed E-state index contributed by atoms with van der Waals surface area (Å²) in [6, 6.07) is 6.93. The van der Waals surface area contributed by atoms with Gasteiger partial charge in [0.15, 0.2) is 9.84 Å². The molecule has 0 bridgehead atoms. The van der Waals surface area contributed by atoms with Crippen LogP contribution in [0.4, 0.5) is 0 Å². The molecule has 1 fully saturated rings. The number of benzene rings is 1. The molecule has 2 N–H and O–H groups in total. The predicted octanol–water partition coefficient (Wildman–Crippen LogP) is 1.43. The van der Waals surface area contributed by atoms with Crippen molar-refractivity contribution in [1.29, 1.82) is 0 Å². The largest absolute Gasteiger partial charge is 0.321 e. The van der Waals surface area contributed by atoms with Gasteiger partial charge in [-0.15, -0.1) is 0 Å². The highest BCUT2D eigenvalue weighted by Crippen LogP contribution is 2.38. The van der Waals surface area contributed by atoms with E-state index in [0.717, 1.165) is 24.8 Å². The molecular weight excluding hydrogens is 210 g/mol. The van der Waals surface area contributed by atoms with E-state index >= 15 is 0 Å². The van der Waals surface area contributed by atoms with Gasteiger partial charge in [0.2, 0.25) is 0 Å². The van der Waals surface area contributed by atoms with E-state index in [4.69, 9.17) is 5.73 Å². The molecule has 1 saturated carbocycles. The molecule has 2 rings (SSSR count). The summed E-state index contributed by atoms with van der Waals surface area (Å²) in [7, 11) is -3.09. The average Bonchev–Trinajstić information content (AvgIpc) is 2.13. The van der Waals surface area contributed by atoms with Crippen LogP contribution in [0.1, 0.15) is 24.8 Å². The van der Waals surface area contributed by atoms with Crippen LogP contribution < -0.4 is 5.73 Å². The van der Waals surface area contributed by atoms with Crippen molar-refractivity contribution in [3.63, 3.8) is 0 Å². The number of sulfone groups is 1. The molecule has 82 valence electrons. The summed E-state index contributed by atoms with van der Waals surface area (Å²) in [5, 5.41) is 0. The van der Waals surface area contributed by atoms with Crippen LogP contribution >= 0.6 is 0 Å². The van der Waals surface area contributed by atoms with Gasteiger partial charge in [0.05, 0.1) is 4.90 Å². The Balaban J connectivity index is 2.32. The molecule has 0 atom stereocenters. The summed E-state index contributed by atoms with van der Waals surface area (Å²) < 4.78 is 22.5. The molecule has 1 aliphatic carbocycles. The van der Waals surface area contributed by atoms with Crippen LogP contribution in [0.15, 0.2) is 29.2 Å². The molecule has 1 aromatic rings. The van der Waals surface area contributed by atoms with E-state index in [1.54, 1.807) is 12.1 Å².